The second kappa shape index (κ2) is 5.14. The zero-order chi connectivity index (χ0) is 12.1. The van der Waals surface area contributed by atoms with Crippen LogP contribution in [0.4, 0.5) is 5.69 Å². The fourth-order valence-electron chi connectivity index (χ4n) is 1.64. The molecule has 0 aliphatic carbocycles. The highest BCUT2D eigenvalue weighted by Crippen LogP contribution is 2.22. The summed E-state index contributed by atoms with van der Waals surface area (Å²) in [6.07, 6.45) is 4.02. The van der Waals surface area contributed by atoms with Gasteiger partial charge in [0.1, 0.15) is 0 Å². The lowest BCUT2D eigenvalue weighted by molar-refractivity contribution is 1.47. The van der Waals surface area contributed by atoms with Crippen LogP contribution in [0.5, 0.6) is 0 Å². The third kappa shape index (κ3) is 2.83. The average molecular weight is 219 g/mol. The van der Waals surface area contributed by atoms with Crippen LogP contribution in [0.2, 0.25) is 0 Å². The molecule has 0 fully saturated rings. The van der Waals surface area contributed by atoms with Crippen LogP contribution in [-0.2, 0) is 0 Å². The first kappa shape index (κ1) is 11.2. The number of benzene rings is 2. The molecule has 82 valence electrons. The van der Waals surface area contributed by atoms with Crippen LogP contribution in [0.3, 0.4) is 0 Å². The molecule has 2 rings (SSSR count). The SMILES string of the molecule is [C-]#[N+]c1cc(C)ccc1C=Cc1ccccc1. The van der Waals surface area contributed by atoms with Gasteiger partial charge in [0, 0.05) is 0 Å². The molecule has 0 N–H and O–H groups in total. The van der Waals surface area contributed by atoms with Gasteiger partial charge in [-0.2, -0.15) is 0 Å². The Kier molecular flexibility index (Phi) is 3.37. The molecule has 0 aliphatic rings. The Balaban J connectivity index is 2.31. The van der Waals surface area contributed by atoms with Crippen molar-refractivity contribution in [3.05, 3.63) is 76.6 Å². The van der Waals surface area contributed by atoms with Gasteiger partial charge in [-0.25, -0.2) is 4.85 Å². The molecule has 0 unspecified atom stereocenters. The Bertz CT molecular complexity index is 574. The van der Waals surface area contributed by atoms with Crippen molar-refractivity contribution in [3.63, 3.8) is 0 Å². The lowest BCUT2D eigenvalue weighted by atomic mass is 10.1. The van der Waals surface area contributed by atoms with Crippen LogP contribution >= 0.6 is 0 Å². The third-order valence-electron chi connectivity index (χ3n) is 2.56. The molecule has 0 saturated carbocycles. The van der Waals surface area contributed by atoms with Crippen LogP contribution in [0.1, 0.15) is 16.7 Å². The van der Waals surface area contributed by atoms with E-state index in [1.807, 2.05) is 67.6 Å². The van der Waals surface area contributed by atoms with E-state index in [2.05, 4.69) is 4.85 Å². The second-order valence-corrected chi connectivity index (χ2v) is 3.92. The van der Waals surface area contributed by atoms with E-state index in [1.165, 1.54) is 0 Å². The van der Waals surface area contributed by atoms with Crippen molar-refractivity contribution in [2.75, 3.05) is 0 Å². The standard InChI is InChI=1S/C16H13N/c1-13-8-10-15(16(12-13)17-2)11-9-14-6-4-3-5-7-14/h3-12H,1H3. The van der Waals surface area contributed by atoms with Crippen molar-refractivity contribution < 1.29 is 0 Å². The molecular formula is C16H13N. The first-order chi connectivity index (χ1) is 8.29. The van der Waals surface area contributed by atoms with E-state index in [9.17, 15) is 0 Å². The van der Waals surface area contributed by atoms with Gasteiger partial charge in [0.15, 0.2) is 5.69 Å². The average Bonchev–Trinajstić information content (AvgIpc) is 2.38. The first-order valence-corrected chi connectivity index (χ1v) is 5.51. The summed E-state index contributed by atoms with van der Waals surface area (Å²) in [7, 11) is 0. The summed E-state index contributed by atoms with van der Waals surface area (Å²) in [5.74, 6) is 0. The van der Waals surface area contributed by atoms with E-state index >= 15 is 0 Å². The summed E-state index contributed by atoms with van der Waals surface area (Å²) >= 11 is 0. The molecule has 0 bridgehead atoms. The Morgan fingerprint density at radius 3 is 2.47 bits per heavy atom. The van der Waals surface area contributed by atoms with E-state index in [4.69, 9.17) is 6.57 Å². The van der Waals surface area contributed by atoms with Crippen LogP contribution < -0.4 is 0 Å². The Morgan fingerprint density at radius 1 is 1.00 bits per heavy atom. The van der Waals surface area contributed by atoms with E-state index in [1.54, 1.807) is 0 Å². The Morgan fingerprint density at radius 2 is 1.76 bits per heavy atom. The predicted octanol–water partition coefficient (Wildman–Crippen LogP) is 4.72. The van der Waals surface area contributed by atoms with E-state index in [-0.39, 0.29) is 0 Å². The zero-order valence-corrected chi connectivity index (χ0v) is 9.72. The molecule has 1 nitrogen and oxygen atoms in total. The number of hydrogen-bond acceptors (Lipinski definition) is 0. The van der Waals surface area contributed by atoms with Crippen LogP contribution in [0.15, 0.2) is 48.5 Å². The molecule has 1 heteroatoms. The smallest absolute Gasteiger partial charge is 0.194 e. The number of hydrogen-bond donors (Lipinski definition) is 0. The normalized spacial score (nSPS) is 10.4. The maximum absolute atomic E-state index is 7.16. The van der Waals surface area contributed by atoms with Crippen molar-refractivity contribution in [2.24, 2.45) is 0 Å². The monoisotopic (exact) mass is 219 g/mol. The molecular weight excluding hydrogens is 206 g/mol. The van der Waals surface area contributed by atoms with Crippen molar-refractivity contribution >= 4 is 17.8 Å². The number of nitrogens with zero attached hydrogens (tertiary/aromatic N) is 1. The fourth-order valence-corrected chi connectivity index (χ4v) is 1.64. The topological polar surface area (TPSA) is 4.36 Å². The minimum Gasteiger partial charge on any atom is -0.238 e. The molecule has 0 spiro atoms. The highest BCUT2D eigenvalue weighted by Gasteiger charge is 1.98. The van der Waals surface area contributed by atoms with E-state index < -0.39 is 0 Å². The molecule has 0 atom stereocenters. The van der Waals surface area contributed by atoms with Gasteiger partial charge in [-0.1, -0.05) is 66.2 Å². The summed E-state index contributed by atoms with van der Waals surface area (Å²) in [6, 6.07) is 16.0. The summed E-state index contributed by atoms with van der Waals surface area (Å²) in [4.78, 5) is 3.54. The largest absolute Gasteiger partial charge is 0.238 e. The van der Waals surface area contributed by atoms with Crippen LogP contribution in [0.25, 0.3) is 17.0 Å². The van der Waals surface area contributed by atoms with Crippen LogP contribution in [-0.4, -0.2) is 0 Å². The van der Waals surface area contributed by atoms with Crippen molar-refractivity contribution in [3.8, 4) is 0 Å². The van der Waals surface area contributed by atoms with Gasteiger partial charge in [-0.3, -0.25) is 0 Å². The lowest BCUT2D eigenvalue weighted by Gasteiger charge is -1.99. The van der Waals surface area contributed by atoms with E-state index in [0.717, 1.165) is 16.7 Å². The molecule has 0 aliphatic heterocycles. The molecule has 17 heavy (non-hydrogen) atoms. The summed E-state index contributed by atoms with van der Waals surface area (Å²) in [6.45, 7) is 9.15. The lowest BCUT2D eigenvalue weighted by Crippen LogP contribution is -1.76. The van der Waals surface area contributed by atoms with Gasteiger partial charge in [-0.05, 0) is 18.1 Å². The fraction of sp³-hybridized carbons (Fsp3) is 0.0625. The van der Waals surface area contributed by atoms with Gasteiger partial charge < -0.3 is 0 Å². The van der Waals surface area contributed by atoms with Gasteiger partial charge >= 0.3 is 0 Å². The zero-order valence-electron chi connectivity index (χ0n) is 9.72. The molecule has 2 aromatic carbocycles. The van der Waals surface area contributed by atoms with Crippen molar-refractivity contribution in [1.29, 1.82) is 0 Å². The molecule has 0 heterocycles. The molecule has 0 amide bonds. The first-order valence-electron chi connectivity index (χ1n) is 5.51. The summed E-state index contributed by atoms with van der Waals surface area (Å²) in [5.41, 5.74) is 3.93. The quantitative estimate of drug-likeness (QED) is 0.508. The van der Waals surface area contributed by atoms with Gasteiger partial charge in [-0.15, -0.1) is 0 Å². The number of aryl methyl sites for hydroxylation is 1. The maximum atomic E-state index is 7.16. The van der Waals surface area contributed by atoms with Crippen LogP contribution in [0, 0.1) is 13.5 Å². The van der Waals surface area contributed by atoms with E-state index in [0.29, 0.717) is 5.69 Å². The van der Waals surface area contributed by atoms with Gasteiger partial charge in [0.2, 0.25) is 0 Å². The second-order valence-electron chi connectivity index (χ2n) is 3.92. The Labute approximate surface area is 102 Å². The molecule has 2 aromatic rings. The molecule has 0 aromatic heterocycles. The van der Waals surface area contributed by atoms with Crippen molar-refractivity contribution in [1.82, 2.24) is 0 Å². The molecule has 0 saturated heterocycles. The predicted molar refractivity (Wildman–Crippen MR) is 72.8 cm³/mol. The minimum atomic E-state index is 0.706. The van der Waals surface area contributed by atoms with Crippen molar-refractivity contribution in [2.45, 2.75) is 6.92 Å². The highest BCUT2D eigenvalue weighted by molar-refractivity contribution is 5.77. The molecule has 0 radical (unpaired) electrons. The highest BCUT2D eigenvalue weighted by atomic mass is 14.6. The van der Waals surface area contributed by atoms with Gasteiger partial charge in [0.05, 0.1) is 6.57 Å². The summed E-state index contributed by atoms with van der Waals surface area (Å²) < 4.78 is 0. The number of rotatable bonds is 2. The Hall–Kier alpha value is -2.33. The maximum Gasteiger partial charge on any atom is 0.194 e. The summed E-state index contributed by atoms with van der Waals surface area (Å²) in [5, 5.41) is 0. The third-order valence-corrected chi connectivity index (χ3v) is 2.56. The minimum absolute atomic E-state index is 0.706. The van der Waals surface area contributed by atoms with Gasteiger partial charge in [0.25, 0.3) is 0 Å².